The molecule has 5 rings (SSSR count). The van der Waals surface area contributed by atoms with Crippen LogP contribution in [0.5, 0.6) is 0 Å². The van der Waals surface area contributed by atoms with E-state index < -0.39 is 70.2 Å². The number of nitrogens with two attached hydrogens (primary N) is 1. The van der Waals surface area contributed by atoms with Crippen molar-refractivity contribution >= 4 is 27.9 Å². The summed E-state index contributed by atoms with van der Waals surface area (Å²) in [6, 6.07) is 8.18. The zero-order valence-electron chi connectivity index (χ0n) is 27.6. The van der Waals surface area contributed by atoms with Crippen LogP contribution < -0.4 is 5.73 Å². The normalized spacial score (nSPS) is 19.0. The lowest BCUT2D eigenvalue weighted by atomic mass is 9.87. The van der Waals surface area contributed by atoms with Crippen LogP contribution in [0.3, 0.4) is 0 Å². The molecule has 26 heteroatoms. The molecule has 2 aliphatic rings. The van der Waals surface area contributed by atoms with Crippen molar-refractivity contribution in [3.05, 3.63) is 82.9 Å². The quantitative estimate of drug-likeness (QED) is 0.269. The van der Waals surface area contributed by atoms with Crippen LogP contribution in [0.1, 0.15) is 35.0 Å². The van der Waals surface area contributed by atoms with Crippen LogP contribution in [-0.4, -0.2) is 109 Å². The summed E-state index contributed by atoms with van der Waals surface area (Å²) in [4.78, 5) is 35.4. The van der Waals surface area contributed by atoms with E-state index in [-0.39, 0.29) is 11.6 Å². The van der Waals surface area contributed by atoms with E-state index in [1.807, 2.05) is 18.2 Å². The molecule has 3 aromatic rings. The van der Waals surface area contributed by atoms with Crippen LogP contribution in [0.2, 0.25) is 0 Å². The number of alkyl halides is 9. The Labute approximate surface area is 302 Å². The first-order valence-electron chi connectivity index (χ1n) is 14.8. The zero-order chi connectivity index (χ0) is 42.3. The van der Waals surface area contributed by atoms with E-state index >= 15 is 0 Å². The van der Waals surface area contributed by atoms with Gasteiger partial charge in [0.05, 0.1) is 23.7 Å². The maximum atomic E-state index is 14.8. The van der Waals surface area contributed by atoms with Crippen molar-refractivity contribution in [3.8, 4) is 0 Å². The van der Waals surface area contributed by atoms with Crippen LogP contribution in [0, 0.1) is 11.6 Å². The molecule has 4 heterocycles. The van der Waals surface area contributed by atoms with Gasteiger partial charge >= 0.3 is 36.4 Å². The maximum absolute atomic E-state index is 14.8. The van der Waals surface area contributed by atoms with E-state index in [4.69, 9.17) is 35.4 Å². The summed E-state index contributed by atoms with van der Waals surface area (Å²) in [5, 5.41) is 25.6. The molecule has 14 nitrogen and oxygen atoms in total. The minimum absolute atomic E-state index is 0.0347. The van der Waals surface area contributed by atoms with Crippen molar-refractivity contribution in [2.45, 2.75) is 62.7 Å². The molecular formula is C29H29F11N6O8S. The number of aromatic nitrogens is 3. The summed E-state index contributed by atoms with van der Waals surface area (Å²) in [6.07, 6.45) is -10.3. The highest BCUT2D eigenvalue weighted by molar-refractivity contribution is 7.89. The number of pyridine rings is 1. The van der Waals surface area contributed by atoms with Crippen molar-refractivity contribution in [1.29, 1.82) is 0 Å². The van der Waals surface area contributed by atoms with E-state index in [9.17, 15) is 56.7 Å². The van der Waals surface area contributed by atoms with Crippen LogP contribution in [-0.2, 0) is 44.0 Å². The molecule has 2 aromatic heterocycles. The number of benzene rings is 1. The van der Waals surface area contributed by atoms with Gasteiger partial charge in [-0.2, -0.15) is 48.7 Å². The average molecular weight is 831 g/mol. The average Bonchev–Trinajstić information content (AvgIpc) is 3.63. The van der Waals surface area contributed by atoms with Gasteiger partial charge in [-0.3, -0.25) is 14.8 Å². The lowest BCUT2D eigenvalue weighted by Gasteiger charge is -2.46. The molecule has 0 amide bonds. The van der Waals surface area contributed by atoms with Gasteiger partial charge < -0.3 is 21.1 Å². The predicted octanol–water partition coefficient (Wildman–Crippen LogP) is 3.92. The summed E-state index contributed by atoms with van der Waals surface area (Å²) < 4.78 is 149. The Morgan fingerprint density at radius 1 is 0.873 bits per heavy atom. The summed E-state index contributed by atoms with van der Waals surface area (Å²) in [5.41, 5.74) is 9.27. The lowest BCUT2D eigenvalue weighted by molar-refractivity contribution is -0.193. The van der Waals surface area contributed by atoms with Crippen molar-refractivity contribution < 1.29 is 86.4 Å². The van der Waals surface area contributed by atoms with Gasteiger partial charge in [0.1, 0.15) is 11.6 Å². The fraction of sp³-hybridized carbons (Fsp3) is 0.414. The van der Waals surface area contributed by atoms with Gasteiger partial charge in [-0.1, -0.05) is 6.07 Å². The zero-order valence-corrected chi connectivity index (χ0v) is 28.5. The van der Waals surface area contributed by atoms with E-state index in [1.165, 1.54) is 6.07 Å². The number of carboxylic acid groups (broad SMARTS) is 3. The standard InChI is InChI=1S/C23H26F2N6O2S.3C2HF3O2/c1-34(32,33)31-11-15-10-29(14-22(15)28-31)18-9-21(26)23(19-8-16(24)5-6-20(19)25)30(13-18)12-17-4-2-3-7-27-17;3*3-2(4,5)1(6)7/h2-8,11,18,21,23H,9-10,12-14,26H2,1H3;3*(H,6,7)/t18-,21+,23-;;;/m1.../s1. The Morgan fingerprint density at radius 2 is 1.40 bits per heavy atom. The van der Waals surface area contributed by atoms with Gasteiger partial charge in [0.25, 0.3) is 10.0 Å². The highest BCUT2D eigenvalue weighted by Gasteiger charge is 2.42. The van der Waals surface area contributed by atoms with Gasteiger partial charge in [-0.25, -0.2) is 31.6 Å². The van der Waals surface area contributed by atoms with Crippen LogP contribution >= 0.6 is 0 Å². The van der Waals surface area contributed by atoms with Gasteiger partial charge in [-0.15, -0.1) is 0 Å². The number of carboxylic acids is 3. The molecule has 55 heavy (non-hydrogen) atoms. The smallest absolute Gasteiger partial charge is 0.475 e. The van der Waals surface area contributed by atoms with Crippen LogP contribution in [0.4, 0.5) is 48.3 Å². The molecule has 0 radical (unpaired) electrons. The van der Waals surface area contributed by atoms with E-state index in [0.29, 0.717) is 32.6 Å². The third-order valence-electron chi connectivity index (χ3n) is 7.32. The molecule has 1 fully saturated rings. The fourth-order valence-electron chi connectivity index (χ4n) is 5.05. The predicted molar refractivity (Wildman–Crippen MR) is 163 cm³/mol. The number of rotatable bonds is 5. The van der Waals surface area contributed by atoms with Crippen molar-refractivity contribution in [1.82, 2.24) is 24.0 Å². The summed E-state index contributed by atoms with van der Waals surface area (Å²) in [6.45, 7) is 2.07. The SMILES string of the molecule is CS(=O)(=O)n1cc2c(n1)CN([C@@H]1C[C@H](N)[C@@H](c3cc(F)ccc3F)N(Cc3ccccn3)C1)C2.O=C(O)C(F)(F)F.O=C(O)C(F)(F)F.O=C(O)C(F)(F)F. The number of piperidine rings is 1. The van der Waals surface area contributed by atoms with E-state index in [0.717, 1.165) is 39.4 Å². The number of carbonyl (C=O) groups is 3. The molecule has 1 saturated heterocycles. The second kappa shape index (κ2) is 18.1. The molecule has 2 aliphatic heterocycles. The number of fused-ring (bicyclic) bond motifs is 1. The number of halogens is 11. The second-order valence-electron chi connectivity index (χ2n) is 11.5. The molecular weight excluding hydrogens is 801 g/mol. The topological polar surface area (TPSA) is 209 Å². The number of nitrogens with zero attached hydrogens (tertiary/aromatic N) is 5. The first-order chi connectivity index (χ1) is 25.0. The lowest BCUT2D eigenvalue weighted by Crippen LogP contribution is -2.55. The van der Waals surface area contributed by atoms with Gasteiger partial charge in [-0.05, 0) is 36.8 Å². The van der Waals surface area contributed by atoms with Crippen molar-refractivity contribution in [2.24, 2.45) is 5.73 Å². The molecule has 0 aliphatic carbocycles. The Bertz CT molecular complexity index is 1830. The Balaban J connectivity index is 0.000000408. The second-order valence-corrected chi connectivity index (χ2v) is 13.3. The van der Waals surface area contributed by atoms with E-state index in [1.54, 1.807) is 12.4 Å². The summed E-state index contributed by atoms with van der Waals surface area (Å²) in [5.74, 6) is -9.26. The Hall–Kier alpha value is -4.95. The molecule has 3 atom stereocenters. The molecule has 1 aromatic carbocycles. The van der Waals surface area contributed by atoms with Crippen molar-refractivity contribution in [2.75, 3.05) is 12.8 Å². The minimum Gasteiger partial charge on any atom is -0.475 e. The largest absolute Gasteiger partial charge is 0.490 e. The first kappa shape index (κ1) is 46.2. The first-order valence-corrected chi connectivity index (χ1v) is 16.6. The highest BCUT2D eigenvalue weighted by atomic mass is 32.2. The third kappa shape index (κ3) is 14.0. The fourth-order valence-corrected chi connectivity index (χ4v) is 5.61. The summed E-state index contributed by atoms with van der Waals surface area (Å²) >= 11 is 0. The van der Waals surface area contributed by atoms with Crippen LogP contribution in [0.25, 0.3) is 0 Å². The maximum Gasteiger partial charge on any atom is 0.490 e. The molecule has 0 saturated carbocycles. The highest BCUT2D eigenvalue weighted by Crippen LogP contribution is 2.37. The van der Waals surface area contributed by atoms with Crippen molar-refractivity contribution in [3.63, 3.8) is 0 Å². The van der Waals surface area contributed by atoms with Gasteiger partial charge in [0.15, 0.2) is 0 Å². The minimum atomic E-state index is -5.08. The molecule has 0 bridgehead atoms. The Morgan fingerprint density at radius 3 is 1.84 bits per heavy atom. The number of likely N-dealkylation sites (tertiary alicyclic amines) is 1. The van der Waals surface area contributed by atoms with Gasteiger partial charge in [0, 0.05) is 61.8 Å². The Kier molecular flexibility index (Phi) is 15.2. The molecule has 0 spiro atoms. The monoisotopic (exact) mass is 830 g/mol. The molecule has 5 N–H and O–H groups in total. The van der Waals surface area contributed by atoms with Crippen LogP contribution in [0.15, 0.2) is 48.8 Å². The third-order valence-corrected chi connectivity index (χ3v) is 8.19. The van der Waals surface area contributed by atoms with Gasteiger partial charge in [0.2, 0.25) is 0 Å². The molecule has 306 valence electrons. The van der Waals surface area contributed by atoms with E-state index in [2.05, 4.69) is 19.9 Å². The number of hydrogen-bond acceptors (Lipinski definition) is 10. The summed E-state index contributed by atoms with van der Waals surface area (Å²) in [7, 11) is -3.44. The number of aliphatic carboxylic acids is 3. The number of hydrogen-bond donors (Lipinski definition) is 4. The molecule has 0 unspecified atom stereocenters.